The van der Waals surface area contributed by atoms with Crippen molar-refractivity contribution >= 4 is 17.5 Å². The monoisotopic (exact) mass is 236 g/mol. The van der Waals surface area contributed by atoms with Crippen molar-refractivity contribution < 1.29 is 9.53 Å². The Balaban J connectivity index is 2.88. The minimum atomic E-state index is -0.326. The van der Waals surface area contributed by atoms with Gasteiger partial charge >= 0.3 is 6.09 Å². The van der Waals surface area contributed by atoms with Crippen molar-refractivity contribution in [3.05, 3.63) is 24.3 Å². The average Bonchev–Trinajstić information content (AvgIpc) is 2.24. The molecule has 0 atom stereocenters. The highest BCUT2D eigenvalue weighted by Crippen LogP contribution is 2.19. The lowest BCUT2D eigenvalue weighted by Gasteiger charge is -2.23. The molecule has 0 aliphatic carbocycles. The third-order valence-corrected chi connectivity index (χ3v) is 2.19. The summed E-state index contributed by atoms with van der Waals surface area (Å²) in [6.45, 7) is 6.31. The van der Waals surface area contributed by atoms with Crippen LogP contribution in [-0.2, 0) is 4.74 Å². The largest absolute Gasteiger partial charge is 0.446 e. The fourth-order valence-corrected chi connectivity index (χ4v) is 1.51. The molecule has 1 aromatic carbocycles. The zero-order valence-electron chi connectivity index (χ0n) is 10.6. The number of rotatable bonds is 4. The molecule has 0 aromatic heterocycles. The molecule has 0 aliphatic heterocycles. The van der Waals surface area contributed by atoms with Crippen LogP contribution in [0.1, 0.15) is 27.2 Å². The minimum Gasteiger partial charge on any atom is -0.446 e. The highest BCUT2D eigenvalue weighted by atomic mass is 16.6. The Kier molecular flexibility index (Phi) is 4.82. The van der Waals surface area contributed by atoms with Crippen molar-refractivity contribution in [3.8, 4) is 0 Å². The Bertz CT molecular complexity index is 377. The zero-order valence-corrected chi connectivity index (χ0v) is 10.6. The van der Waals surface area contributed by atoms with Crippen LogP contribution in [0.4, 0.5) is 16.2 Å². The average molecular weight is 236 g/mol. The quantitative estimate of drug-likeness (QED) is 0.817. The van der Waals surface area contributed by atoms with Crippen LogP contribution >= 0.6 is 0 Å². The van der Waals surface area contributed by atoms with Gasteiger partial charge in [0.05, 0.1) is 6.10 Å². The molecule has 0 heterocycles. The second-order valence-electron chi connectivity index (χ2n) is 4.18. The Morgan fingerprint density at radius 1 is 1.47 bits per heavy atom. The molecule has 0 spiro atoms. The molecule has 0 aliphatic rings. The third-order valence-electron chi connectivity index (χ3n) is 2.19. The maximum Gasteiger partial charge on any atom is 0.414 e. The van der Waals surface area contributed by atoms with E-state index in [1.807, 2.05) is 32.9 Å². The van der Waals surface area contributed by atoms with Gasteiger partial charge in [-0.05, 0) is 38.5 Å². The van der Waals surface area contributed by atoms with Crippen molar-refractivity contribution in [3.63, 3.8) is 0 Å². The Hall–Kier alpha value is -1.71. The summed E-state index contributed by atoms with van der Waals surface area (Å²) < 4.78 is 5.21. The van der Waals surface area contributed by atoms with Crippen LogP contribution in [0.3, 0.4) is 0 Å². The van der Waals surface area contributed by atoms with Crippen molar-refractivity contribution in [2.75, 3.05) is 17.2 Å². The lowest BCUT2D eigenvalue weighted by Crippen LogP contribution is -2.33. The summed E-state index contributed by atoms with van der Waals surface area (Å²) in [5, 5.41) is 0. The van der Waals surface area contributed by atoms with E-state index in [2.05, 4.69) is 0 Å². The highest BCUT2D eigenvalue weighted by molar-refractivity contribution is 5.88. The number of anilines is 2. The zero-order chi connectivity index (χ0) is 12.8. The Morgan fingerprint density at radius 3 is 2.71 bits per heavy atom. The molecule has 94 valence electrons. The van der Waals surface area contributed by atoms with Crippen molar-refractivity contribution in [2.45, 2.75) is 33.3 Å². The van der Waals surface area contributed by atoms with Gasteiger partial charge in [0.2, 0.25) is 0 Å². The smallest absolute Gasteiger partial charge is 0.414 e. The molecule has 0 saturated heterocycles. The number of amides is 1. The first-order chi connectivity index (χ1) is 8.04. The number of carbonyl (C=O) groups is 1. The van der Waals surface area contributed by atoms with Gasteiger partial charge in [-0.3, -0.25) is 4.90 Å². The van der Waals surface area contributed by atoms with E-state index in [0.29, 0.717) is 12.2 Å². The van der Waals surface area contributed by atoms with Gasteiger partial charge in [0, 0.05) is 17.9 Å². The summed E-state index contributed by atoms with van der Waals surface area (Å²) in [6, 6.07) is 7.25. The summed E-state index contributed by atoms with van der Waals surface area (Å²) in [4.78, 5) is 13.5. The van der Waals surface area contributed by atoms with Gasteiger partial charge in [0.1, 0.15) is 0 Å². The van der Waals surface area contributed by atoms with Crippen LogP contribution in [0.2, 0.25) is 0 Å². The first kappa shape index (κ1) is 13.4. The molecule has 1 amide bonds. The molecule has 0 unspecified atom stereocenters. The Morgan fingerprint density at radius 2 is 2.18 bits per heavy atom. The summed E-state index contributed by atoms with van der Waals surface area (Å²) >= 11 is 0. The van der Waals surface area contributed by atoms with Crippen LogP contribution in [0.5, 0.6) is 0 Å². The van der Waals surface area contributed by atoms with Crippen molar-refractivity contribution in [2.24, 2.45) is 0 Å². The van der Waals surface area contributed by atoms with Crippen molar-refractivity contribution in [1.29, 1.82) is 0 Å². The number of hydrogen-bond donors (Lipinski definition) is 1. The molecular formula is C13H20N2O2. The number of hydrogen-bond acceptors (Lipinski definition) is 3. The molecule has 2 N–H and O–H groups in total. The molecule has 1 aromatic rings. The number of benzene rings is 1. The van der Waals surface area contributed by atoms with E-state index in [4.69, 9.17) is 10.5 Å². The first-order valence-corrected chi connectivity index (χ1v) is 5.88. The predicted molar refractivity (Wildman–Crippen MR) is 70.1 cm³/mol. The molecule has 1 rings (SSSR count). The topological polar surface area (TPSA) is 55.6 Å². The van der Waals surface area contributed by atoms with Gasteiger partial charge in [-0.1, -0.05) is 13.0 Å². The lowest BCUT2D eigenvalue weighted by atomic mass is 10.2. The van der Waals surface area contributed by atoms with E-state index < -0.39 is 0 Å². The normalized spacial score (nSPS) is 10.4. The van der Waals surface area contributed by atoms with Gasteiger partial charge in [0.15, 0.2) is 0 Å². The third kappa shape index (κ3) is 3.98. The molecule has 0 fully saturated rings. The van der Waals surface area contributed by atoms with Crippen LogP contribution in [0.15, 0.2) is 24.3 Å². The van der Waals surface area contributed by atoms with E-state index in [1.54, 1.807) is 17.0 Å². The van der Waals surface area contributed by atoms with Gasteiger partial charge in [0.25, 0.3) is 0 Å². The first-order valence-electron chi connectivity index (χ1n) is 5.88. The number of ether oxygens (including phenoxy) is 1. The summed E-state index contributed by atoms with van der Waals surface area (Å²) in [7, 11) is 0. The van der Waals surface area contributed by atoms with E-state index >= 15 is 0 Å². The van der Waals surface area contributed by atoms with Gasteiger partial charge in [-0.25, -0.2) is 4.79 Å². The second-order valence-corrected chi connectivity index (χ2v) is 4.18. The van der Waals surface area contributed by atoms with Crippen LogP contribution in [-0.4, -0.2) is 18.7 Å². The molecule has 4 nitrogen and oxygen atoms in total. The van der Waals surface area contributed by atoms with Gasteiger partial charge < -0.3 is 10.5 Å². The standard InChI is InChI=1S/C13H20N2O2/c1-4-8-15(13(16)17-10(2)3)12-7-5-6-11(14)9-12/h5-7,9-10H,4,8,14H2,1-3H3. The molecule has 4 heteroatoms. The maximum absolute atomic E-state index is 11.9. The number of carbonyl (C=O) groups excluding carboxylic acids is 1. The molecular weight excluding hydrogens is 216 g/mol. The SMILES string of the molecule is CCCN(C(=O)OC(C)C)c1cccc(N)c1. The van der Waals surface area contributed by atoms with Crippen LogP contribution in [0.25, 0.3) is 0 Å². The van der Waals surface area contributed by atoms with Gasteiger partial charge in [-0.15, -0.1) is 0 Å². The lowest BCUT2D eigenvalue weighted by molar-refractivity contribution is 0.122. The maximum atomic E-state index is 11.9. The highest BCUT2D eigenvalue weighted by Gasteiger charge is 2.17. The van der Waals surface area contributed by atoms with Crippen LogP contribution < -0.4 is 10.6 Å². The van der Waals surface area contributed by atoms with E-state index in [9.17, 15) is 4.79 Å². The molecule has 17 heavy (non-hydrogen) atoms. The van der Waals surface area contributed by atoms with Crippen molar-refractivity contribution in [1.82, 2.24) is 0 Å². The summed E-state index contributed by atoms with van der Waals surface area (Å²) in [6.07, 6.45) is 0.414. The summed E-state index contributed by atoms with van der Waals surface area (Å²) in [5.74, 6) is 0. The van der Waals surface area contributed by atoms with Gasteiger partial charge in [-0.2, -0.15) is 0 Å². The fraction of sp³-hybridized carbons (Fsp3) is 0.462. The van der Waals surface area contributed by atoms with Crippen LogP contribution in [0, 0.1) is 0 Å². The van der Waals surface area contributed by atoms with E-state index in [0.717, 1.165) is 12.1 Å². The fourth-order valence-electron chi connectivity index (χ4n) is 1.51. The number of nitrogens with two attached hydrogens (primary N) is 1. The van der Waals surface area contributed by atoms with E-state index in [1.165, 1.54) is 0 Å². The van der Waals surface area contributed by atoms with E-state index in [-0.39, 0.29) is 12.2 Å². The molecule has 0 bridgehead atoms. The molecule has 0 radical (unpaired) electrons. The number of nitrogens with zero attached hydrogens (tertiary/aromatic N) is 1. The number of nitrogen functional groups attached to an aromatic ring is 1. The summed E-state index contributed by atoms with van der Waals surface area (Å²) in [5.41, 5.74) is 7.13. The Labute approximate surface area is 102 Å². The second kappa shape index (κ2) is 6.13. The minimum absolute atomic E-state index is 0.122. The molecule has 0 saturated carbocycles. The predicted octanol–water partition coefficient (Wildman–Crippen LogP) is 3.03.